The van der Waals surface area contributed by atoms with Crippen molar-refractivity contribution in [2.24, 2.45) is 0 Å². The minimum atomic E-state index is -0.156. The molecule has 0 unspecified atom stereocenters. The van der Waals surface area contributed by atoms with Crippen molar-refractivity contribution in [1.29, 1.82) is 0 Å². The lowest BCUT2D eigenvalue weighted by Gasteiger charge is -2.19. The van der Waals surface area contributed by atoms with Crippen LogP contribution in [0.2, 0.25) is 0 Å². The largest absolute Gasteiger partial charge is 0.486 e. The first-order valence-electron chi connectivity index (χ1n) is 8.54. The minimum absolute atomic E-state index is 0.156. The number of nitrogens with one attached hydrogen (secondary N) is 1. The Labute approximate surface area is 151 Å². The van der Waals surface area contributed by atoms with E-state index in [2.05, 4.69) is 9.88 Å². The van der Waals surface area contributed by atoms with Crippen LogP contribution in [0.15, 0.2) is 48.7 Å². The van der Waals surface area contributed by atoms with Crippen LogP contribution in [-0.4, -0.2) is 37.4 Å². The third-order valence-corrected chi connectivity index (χ3v) is 4.39. The van der Waals surface area contributed by atoms with Crippen molar-refractivity contribution >= 4 is 22.5 Å². The Morgan fingerprint density at radius 3 is 2.85 bits per heavy atom. The van der Waals surface area contributed by atoms with Crippen molar-refractivity contribution in [3.63, 3.8) is 0 Å². The first kappa shape index (κ1) is 16.5. The maximum atomic E-state index is 12.8. The fourth-order valence-corrected chi connectivity index (χ4v) is 3.13. The molecule has 3 aromatic rings. The van der Waals surface area contributed by atoms with E-state index in [4.69, 9.17) is 14.2 Å². The number of benzene rings is 2. The zero-order valence-corrected chi connectivity index (χ0v) is 14.5. The smallest absolute Gasteiger partial charge is 0.256 e. The minimum Gasteiger partial charge on any atom is -0.486 e. The van der Waals surface area contributed by atoms with E-state index in [1.165, 1.54) is 0 Å². The molecule has 0 radical (unpaired) electrons. The Morgan fingerprint density at radius 1 is 1.15 bits per heavy atom. The van der Waals surface area contributed by atoms with Gasteiger partial charge in [-0.3, -0.25) is 4.79 Å². The van der Waals surface area contributed by atoms with Gasteiger partial charge in [-0.25, -0.2) is 0 Å². The summed E-state index contributed by atoms with van der Waals surface area (Å²) in [6.07, 6.45) is 1.98. The highest BCUT2D eigenvalue weighted by Crippen LogP contribution is 2.33. The summed E-state index contributed by atoms with van der Waals surface area (Å²) in [5.41, 5.74) is 2.32. The summed E-state index contributed by atoms with van der Waals surface area (Å²) in [6, 6.07) is 13.1. The Morgan fingerprint density at radius 2 is 2.00 bits per heavy atom. The number of hydrogen-bond acceptors (Lipinski definition) is 4. The van der Waals surface area contributed by atoms with Gasteiger partial charge in [-0.15, -0.1) is 0 Å². The molecule has 2 heterocycles. The molecule has 0 spiro atoms. The lowest BCUT2D eigenvalue weighted by Crippen LogP contribution is -2.16. The summed E-state index contributed by atoms with van der Waals surface area (Å²) in [4.78, 5) is 12.8. The third-order valence-electron chi connectivity index (χ3n) is 4.39. The van der Waals surface area contributed by atoms with Gasteiger partial charge in [-0.2, -0.15) is 0 Å². The molecule has 0 saturated heterocycles. The number of ether oxygens (including phenoxy) is 3. The molecule has 6 nitrogen and oxygen atoms in total. The molecule has 1 aliphatic heterocycles. The summed E-state index contributed by atoms with van der Waals surface area (Å²) < 4.78 is 18.3. The van der Waals surface area contributed by atoms with Gasteiger partial charge >= 0.3 is 0 Å². The Bertz CT molecular complexity index is 948. The molecule has 0 fully saturated rings. The van der Waals surface area contributed by atoms with Crippen molar-refractivity contribution in [3.05, 3.63) is 54.2 Å². The van der Waals surface area contributed by atoms with Crippen LogP contribution in [0, 0.1) is 0 Å². The second-order valence-electron chi connectivity index (χ2n) is 6.05. The summed E-state index contributed by atoms with van der Waals surface area (Å²) in [5, 5.41) is 3.86. The van der Waals surface area contributed by atoms with Crippen molar-refractivity contribution in [2.45, 2.75) is 6.54 Å². The standard InChI is InChI=1S/C20H20N2O4/c1-24-10-9-22-8-7-15-16(3-2-4-17(15)22)20(23)21-14-5-6-18-19(13-14)26-12-11-25-18/h2-8,13H,9-12H2,1H3,(H,21,23). The predicted octanol–water partition coefficient (Wildman–Crippen LogP) is 3.31. The number of rotatable bonds is 5. The molecule has 6 heteroatoms. The summed E-state index contributed by atoms with van der Waals surface area (Å²) in [5.74, 6) is 1.20. The van der Waals surface area contributed by atoms with Gasteiger partial charge < -0.3 is 24.1 Å². The van der Waals surface area contributed by atoms with Gasteiger partial charge in [-0.05, 0) is 30.3 Å². The lowest BCUT2D eigenvalue weighted by atomic mass is 10.1. The van der Waals surface area contributed by atoms with Crippen molar-refractivity contribution in [2.75, 3.05) is 32.2 Å². The van der Waals surface area contributed by atoms with Gasteiger partial charge in [0.15, 0.2) is 11.5 Å². The average Bonchev–Trinajstić information content (AvgIpc) is 3.09. The molecule has 0 aliphatic carbocycles. The number of nitrogens with zero attached hydrogens (tertiary/aromatic N) is 1. The van der Waals surface area contributed by atoms with Crippen LogP contribution < -0.4 is 14.8 Å². The topological polar surface area (TPSA) is 61.7 Å². The molecule has 0 bridgehead atoms. The molecule has 0 atom stereocenters. The molecule has 4 rings (SSSR count). The molecule has 1 aliphatic rings. The molecule has 1 amide bonds. The van der Waals surface area contributed by atoms with Crippen molar-refractivity contribution < 1.29 is 19.0 Å². The highest BCUT2D eigenvalue weighted by molar-refractivity contribution is 6.12. The van der Waals surface area contributed by atoms with Crippen LogP contribution in [0.5, 0.6) is 11.5 Å². The van der Waals surface area contributed by atoms with E-state index >= 15 is 0 Å². The maximum Gasteiger partial charge on any atom is 0.256 e. The molecule has 1 aromatic heterocycles. The number of carbonyl (C=O) groups is 1. The zero-order valence-electron chi connectivity index (χ0n) is 14.5. The van der Waals surface area contributed by atoms with Crippen LogP contribution in [0.25, 0.3) is 10.9 Å². The SMILES string of the molecule is COCCn1ccc2c(C(=O)Nc3ccc4c(c3)OCCO4)cccc21. The number of carbonyl (C=O) groups excluding carboxylic acids is 1. The number of anilines is 1. The van der Waals surface area contributed by atoms with E-state index < -0.39 is 0 Å². The normalized spacial score (nSPS) is 13.0. The monoisotopic (exact) mass is 352 g/mol. The number of amides is 1. The lowest BCUT2D eigenvalue weighted by molar-refractivity contribution is 0.102. The van der Waals surface area contributed by atoms with Crippen LogP contribution in [0.3, 0.4) is 0 Å². The van der Waals surface area contributed by atoms with Gasteiger partial charge in [0.2, 0.25) is 0 Å². The highest BCUT2D eigenvalue weighted by Gasteiger charge is 2.15. The number of aromatic nitrogens is 1. The summed E-state index contributed by atoms with van der Waals surface area (Å²) in [7, 11) is 1.68. The fraction of sp³-hybridized carbons (Fsp3) is 0.250. The number of hydrogen-bond donors (Lipinski definition) is 1. The van der Waals surface area contributed by atoms with E-state index in [1.807, 2.05) is 42.6 Å². The summed E-state index contributed by atoms with van der Waals surface area (Å²) in [6.45, 7) is 2.42. The van der Waals surface area contributed by atoms with Gasteiger partial charge in [0.1, 0.15) is 13.2 Å². The first-order chi connectivity index (χ1) is 12.8. The molecule has 0 saturated carbocycles. The van der Waals surface area contributed by atoms with Gasteiger partial charge in [0, 0.05) is 48.1 Å². The summed E-state index contributed by atoms with van der Waals surface area (Å²) >= 11 is 0. The van der Waals surface area contributed by atoms with Crippen LogP contribution in [-0.2, 0) is 11.3 Å². The van der Waals surface area contributed by atoms with Crippen LogP contribution in [0.4, 0.5) is 5.69 Å². The Balaban J connectivity index is 1.59. The average molecular weight is 352 g/mol. The van der Waals surface area contributed by atoms with Crippen molar-refractivity contribution in [3.8, 4) is 11.5 Å². The Kier molecular flexibility index (Phi) is 4.50. The van der Waals surface area contributed by atoms with Crippen LogP contribution >= 0.6 is 0 Å². The van der Waals surface area contributed by atoms with E-state index in [-0.39, 0.29) is 5.91 Å². The van der Waals surface area contributed by atoms with Crippen LogP contribution in [0.1, 0.15) is 10.4 Å². The number of fused-ring (bicyclic) bond motifs is 2. The second kappa shape index (κ2) is 7.09. The Hall–Kier alpha value is -2.99. The second-order valence-corrected chi connectivity index (χ2v) is 6.05. The molecular formula is C20H20N2O4. The number of methoxy groups -OCH3 is 1. The quantitative estimate of drug-likeness (QED) is 0.765. The fourth-order valence-electron chi connectivity index (χ4n) is 3.13. The van der Waals surface area contributed by atoms with Gasteiger partial charge in [0.25, 0.3) is 5.91 Å². The molecule has 1 N–H and O–H groups in total. The van der Waals surface area contributed by atoms with E-state index in [9.17, 15) is 4.79 Å². The van der Waals surface area contributed by atoms with E-state index in [0.717, 1.165) is 17.4 Å². The zero-order chi connectivity index (χ0) is 17.9. The highest BCUT2D eigenvalue weighted by atomic mass is 16.6. The maximum absolute atomic E-state index is 12.8. The van der Waals surface area contributed by atoms with E-state index in [0.29, 0.717) is 42.6 Å². The van der Waals surface area contributed by atoms with Crippen molar-refractivity contribution in [1.82, 2.24) is 4.57 Å². The predicted molar refractivity (Wildman–Crippen MR) is 99.2 cm³/mol. The first-order valence-corrected chi connectivity index (χ1v) is 8.54. The van der Waals surface area contributed by atoms with Gasteiger partial charge in [0.05, 0.1) is 6.61 Å². The molecule has 26 heavy (non-hydrogen) atoms. The molecule has 134 valence electrons. The van der Waals surface area contributed by atoms with E-state index in [1.54, 1.807) is 13.2 Å². The third kappa shape index (κ3) is 3.11. The molecule has 2 aromatic carbocycles. The molecular weight excluding hydrogens is 332 g/mol. The van der Waals surface area contributed by atoms with Gasteiger partial charge in [-0.1, -0.05) is 6.07 Å².